The molecule has 3 N–H and O–H groups in total. The summed E-state index contributed by atoms with van der Waals surface area (Å²) in [6, 6.07) is 10.8. The Bertz CT molecular complexity index is 1330. The van der Waals surface area contributed by atoms with Gasteiger partial charge in [-0.2, -0.15) is 0 Å². The van der Waals surface area contributed by atoms with Crippen molar-refractivity contribution < 1.29 is 29.6 Å². The van der Waals surface area contributed by atoms with Gasteiger partial charge in [-0.15, -0.1) is 0 Å². The molecular formula is C33H41ClN2O6. The number of carbonyl (C=O) groups excluding carboxylic acids is 1. The smallest absolute Gasteiger partial charge is 0.340 e. The number of aryl methyl sites for hydroxylation is 1. The van der Waals surface area contributed by atoms with Crippen molar-refractivity contribution in [1.29, 1.82) is 0 Å². The van der Waals surface area contributed by atoms with Crippen LogP contribution in [-0.2, 0) is 28.2 Å². The van der Waals surface area contributed by atoms with Gasteiger partial charge in [-0.05, 0) is 97.7 Å². The molecule has 1 amide bonds. The predicted octanol–water partition coefficient (Wildman–Crippen LogP) is 4.92. The van der Waals surface area contributed by atoms with Gasteiger partial charge in [0.25, 0.3) is 0 Å². The van der Waals surface area contributed by atoms with Gasteiger partial charge in [0, 0.05) is 31.7 Å². The Labute approximate surface area is 252 Å². The summed E-state index contributed by atoms with van der Waals surface area (Å²) in [6.07, 6.45) is 8.69. The summed E-state index contributed by atoms with van der Waals surface area (Å²) < 4.78 is 6.39. The zero-order valence-corrected chi connectivity index (χ0v) is 24.9. The van der Waals surface area contributed by atoms with Crippen LogP contribution < -0.4 is 9.64 Å². The highest BCUT2D eigenvalue weighted by molar-refractivity contribution is 6.30. The van der Waals surface area contributed by atoms with Gasteiger partial charge in [0.15, 0.2) is 5.60 Å². The fourth-order valence-corrected chi connectivity index (χ4v) is 6.55. The summed E-state index contributed by atoms with van der Waals surface area (Å²) in [7, 11) is 1.62. The zero-order chi connectivity index (χ0) is 29.9. The number of carbonyl (C=O) groups is 2. The molecule has 2 bridgehead atoms. The topological polar surface area (TPSA) is 111 Å². The molecule has 3 aliphatic rings. The van der Waals surface area contributed by atoms with E-state index in [1.165, 1.54) is 4.90 Å². The fourth-order valence-electron chi connectivity index (χ4n) is 6.35. The van der Waals surface area contributed by atoms with Crippen molar-refractivity contribution in [2.45, 2.75) is 69.7 Å². The molecule has 1 aliphatic carbocycles. The van der Waals surface area contributed by atoms with Crippen molar-refractivity contribution in [3.05, 3.63) is 70.3 Å². The molecule has 0 spiro atoms. The van der Waals surface area contributed by atoms with Gasteiger partial charge in [-0.1, -0.05) is 35.9 Å². The Balaban J connectivity index is 1.57. The quantitative estimate of drug-likeness (QED) is 0.401. The maximum atomic E-state index is 13.1. The van der Waals surface area contributed by atoms with E-state index in [2.05, 4.69) is 4.90 Å². The molecule has 2 aromatic carbocycles. The Morgan fingerprint density at radius 1 is 1.07 bits per heavy atom. The van der Waals surface area contributed by atoms with Crippen molar-refractivity contribution in [2.24, 2.45) is 11.8 Å². The van der Waals surface area contributed by atoms with Crippen LogP contribution in [0.5, 0.6) is 5.75 Å². The number of fused-ring (bicyclic) bond motifs is 3. The molecule has 4 atom stereocenters. The first-order chi connectivity index (χ1) is 20.2. The van der Waals surface area contributed by atoms with Crippen LogP contribution in [0.2, 0.25) is 5.02 Å². The second-order valence-electron chi connectivity index (χ2n) is 12.0. The van der Waals surface area contributed by atoms with Gasteiger partial charge in [-0.25, -0.2) is 4.79 Å². The molecular weight excluding hydrogens is 556 g/mol. The molecule has 1 fully saturated rings. The van der Waals surface area contributed by atoms with E-state index in [0.717, 1.165) is 43.2 Å². The van der Waals surface area contributed by atoms with Crippen LogP contribution in [0.1, 0.15) is 61.6 Å². The molecule has 0 unspecified atom stereocenters. The summed E-state index contributed by atoms with van der Waals surface area (Å²) in [5.41, 5.74) is 0.614. The number of aliphatic carboxylic acids is 1. The number of anilines is 1. The number of rotatable bonds is 1. The number of carboxylic acids is 1. The number of hydrogen-bond acceptors (Lipinski definition) is 6. The lowest BCUT2D eigenvalue weighted by atomic mass is 9.70. The van der Waals surface area contributed by atoms with E-state index in [1.807, 2.05) is 30.4 Å². The normalized spacial score (nSPS) is 28.2. The summed E-state index contributed by atoms with van der Waals surface area (Å²) in [4.78, 5) is 29.3. The van der Waals surface area contributed by atoms with Crippen LogP contribution in [0, 0.1) is 11.8 Å². The lowest BCUT2D eigenvalue weighted by Gasteiger charge is -2.42. The minimum absolute atomic E-state index is 0.134. The first kappa shape index (κ1) is 30.4. The molecule has 8 nitrogen and oxygen atoms in total. The molecule has 2 heterocycles. The highest BCUT2D eigenvalue weighted by Crippen LogP contribution is 2.42. The van der Waals surface area contributed by atoms with Gasteiger partial charge in [-0.3, -0.25) is 4.79 Å². The summed E-state index contributed by atoms with van der Waals surface area (Å²) in [6.45, 7) is 2.09. The number of amides is 1. The van der Waals surface area contributed by atoms with Crippen molar-refractivity contribution in [3.8, 4) is 5.75 Å². The van der Waals surface area contributed by atoms with Gasteiger partial charge in [0.1, 0.15) is 12.4 Å². The van der Waals surface area contributed by atoms with Crippen molar-refractivity contribution in [1.82, 2.24) is 4.90 Å². The number of benzene rings is 2. The monoisotopic (exact) mass is 596 g/mol. The minimum Gasteiger partial charge on any atom is -0.487 e. The largest absolute Gasteiger partial charge is 0.487 e. The van der Waals surface area contributed by atoms with Crippen LogP contribution >= 0.6 is 11.6 Å². The zero-order valence-electron chi connectivity index (χ0n) is 24.2. The Hall–Kier alpha value is -3.07. The first-order valence-corrected chi connectivity index (χ1v) is 15.4. The molecule has 0 aromatic heterocycles. The fraction of sp³-hybridized carbons (Fsp3) is 0.515. The second-order valence-corrected chi connectivity index (χ2v) is 12.4. The number of nitrogens with zero attached hydrogens (tertiary/aromatic N) is 2. The highest BCUT2D eigenvalue weighted by atomic mass is 35.5. The van der Waals surface area contributed by atoms with Gasteiger partial charge < -0.3 is 29.9 Å². The molecule has 9 heteroatoms. The summed E-state index contributed by atoms with van der Waals surface area (Å²) in [5.74, 6) is -0.960. The maximum absolute atomic E-state index is 13.1. The Morgan fingerprint density at radius 3 is 2.67 bits per heavy atom. The van der Waals surface area contributed by atoms with Gasteiger partial charge in [0.2, 0.25) is 5.91 Å². The lowest BCUT2D eigenvalue weighted by Crippen LogP contribution is -2.44. The molecule has 2 aromatic rings. The number of aliphatic hydroxyl groups is 2. The lowest BCUT2D eigenvalue weighted by molar-refractivity contribution is -0.164. The Kier molecular flexibility index (Phi) is 9.45. The van der Waals surface area contributed by atoms with Crippen LogP contribution in [0.25, 0.3) is 0 Å². The van der Waals surface area contributed by atoms with Gasteiger partial charge in [0.05, 0.1) is 18.2 Å². The van der Waals surface area contributed by atoms with E-state index < -0.39 is 30.0 Å². The minimum atomic E-state index is -2.40. The third kappa shape index (κ3) is 6.61. The average molecular weight is 597 g/mol. The summed E-state index contributed by atoms with van der Waals surface area (Å²) in [5, 5.41) is 33.4. The first-order valence-electron chi connectivity index (χ1n) is 15.0. The van der Waals surface area contributed by atoms with Crippen LogP contribution in [0.15, 0.2) is 48.6 Å². The van der Waals surface area contributed by atoms with E-state index in [0.29, 0.717) is 55.5 Å². The maximum Gasteiger partial charge on any atom is 0.340 e. The molecule has 5 rings (SSSR count). The van der Waals surface area contributed by atoms with Crippen LogP contribution in [-0.4, -0.2) is 64.9 Å². The SMILES string of the molecule is CN1CCC/C=C\[C@H](O)[C@@H]2CC[C@H]2CN2CCCCc3cc(Cl)ccc3COc3ccc(cc32)[C@@](O)(C(=O)O)CC1=O. The predicted molar refractivity (Wildman–Crippen MR) is 162 cm³/mol. The van der Waals surface area contributed by atoms with Crippen molar-refractivity contribution in [2.75, 3.05) is 31.6 Å². The van der Waals surface area contributed by atoms with E-state index >= 15 is 0 Å². The van der Waals surface area contributed by atoms with Crippen LogP contribution in [0.3, 0.4) is 0 Å². The highest BCUT2D eigenvalue weighted by Gasteiger charge is 2.42. The molecule has 2 aliphatic heterocycles. The number of ether oxygens (including phenoxy) is 1. The number of hydrogen-bond donors (Lipinski definition) is 3. The van der Waals surface area contributed by atoms with Crippen LogP contribution in [0.4, 0.5) is 5.69 Å². The third-order valence-corrected chi connectivity index (χ3v) is 9.44. The number of halogens is 1. The Morgan fingerprint density at radius 2 is 1.90 bits per heavy atom. The van der Waals surface area contributed by atoms with Crippen molar-refractivity contribution >= 4 is 29.2 Å². The molecule has 0 radical (unpaired) electrons. The molecule has 42 heavy (non-hydrogen) atoms. The average Bonchev–Trinajstić information content (AvgIpc) is 2.97. The second kappa shape index (κ2) is 13.1. The molecule has 0 saturated heterocycles. The molecule has 1 saturated carbocycles. The summed E-state index contributed by atoms with van der Waals surface area (Å²) >= 11 is 6.30. The third-order valence-electron chi connectivity index (χ3n) is 9.21. The number of allylic oxidation sites excluding steroid dienone is 1. The van der Waals surface area contributed by atoms with Crippen molar-refractivity contribution in [3.63, 3.8) is 0 Å². The number of aliphatic hydroxyl groups excluding tert-OH is 1. The van der Waals surface area contributed by atoms with E-state index in [1.54, 1.807) is 25.2 Å². The van der Waals surface area contributed by atoms with E-state index in [-0.39, 0.29) is 17.4 Å². The van der Waals surface area contributed by atoms with Gasteiger partial charge >= 0.3 is 5.97 Å². The molecule has 226 valence electrons. The van der Waals surface area contributed by atoms with E-state index in [4.69, 9.17) is 16.3 Å². The van der Waals surface area contributed by atoms with E-state index in [9.17, 15) is 24.9 Å². The number of carboxylic acid groups (broad SMARTS) is 1. The standard InChI is InChI=1S/C33H41ClN2O6/c1-35-15-5-2-3-8-29(37)27-13-10-23(27)20-36-16-6-4-7-22-17-26(34)12-9-24(22)21-42-30-14-11-25(18-28(30)36)33(41,32(39)40)19-31(35)38/h3,8-9,11-12,14,17-18,23,27,29,37,41H,2,4-7,10,13,15-16,19-21H2,1H3,(H,39,40)/b8-3-/t23-,27+,29-,33+/m0/s1.